The van der Waals surface area contributed by atoms with E-state index in [-0.39, 0.29) is 36.6 Å². The minimum absolute atomic E-state index is 0.0373. The number of primary amides is 1. The second-order valence-corrected chi connectivity index (χ2v) is 9.94. The molecule has 200 valence electrons. The maximum atomic E-state index is 14.9. The molecule has 2 saturated heterocycles. The van der Waals surface area contributed by atoms with Gasteiger partial charge < -0.3 is 20.5 Å². The Hall–Kier alpha value is -3.18. The lowest BCUT2D eigenvalue weighted by atomic mass is 9.97. The molecular weight excluding hydrogens is 489 g/mol. The van der Waals surface area contributed by atoms with E-state index in [1.165, 1.54) is 18.3 Å². The summed E-state index contributed by atoms with van der Waals surface area (Å²) in [6.07, 6.45) is 2.22. The van der Waals surface area contributed by atoms with Gasteiger partial charge in [-0.25, -0.2) is 13.2 Å². The lowest BCUT2D eigenvalue weighted by Gasteiger charge is -2.33. The average Bonchev–Trinajstić information content (AvgIpc) is 3.24. The smallest absolute Gasteiger partial charge is 0.257 e. The van der Waals surface area contributed by atoms with Gasteiger partial charge in [-0.05, 0) is 62.2 Å². The highest BCUT2D eigenvalue weighted by Gasteiger charge is 2.38. The topological polar surface area (TPSA) is 109 Å². The van der Waals surface area contributed by atoms with Crippen LogP contribution in [0.4, 0.5) is 13.2 Å². The summed E-state index contributed by atoms with van der Waals surface area (Å²) in [7, 11) is 0. The van der Waals surface area contributed by atoms with Crippen LogP contribution in [0.3, 0.4) is 0 Å². The van der Waals surface area contributed by atoms with Crippen LogP contribution in [0.15, 0.2) is 36.5 Å². The molecule has 8 nitrogen and oxygen atoms in total. The average molecular weight is 521 g/mol. The van der Waals surface area contributed by atoms with Gasteiger partial charge in [0.2, 0.25) is 5.91 Å². The van der Waals surface area contributed by atoms with Gasteiger partial charge in [-0.15, -0.1) is 0 Å². The van der Waals surface area contributed by atoms with Gasteiger partial charge >= 0.3 is 0 Å². The molecule has 2 aromatic rings. The normalized spacial score (nSPS) is 21.3. The molecule has 0 bridgehead atoms. The van der Waals surface area contributed by atoms with Gasteiger partial charge in [-0.2, -0.15) is 0 Å². The number of ether oxygens (including phenoxy) is 1. The molecule has 1 aromatic heterocycles. The maximum Gasteiger partial charge on any atom is 0.257 e. The van der Waals surface area contributed by atoms with Gasteiger partial charge in [0.15, 0.2) is 0 Å². The van der Waals surface area contributed by atoms with Crippen molar-refractivity contribution in [2.24, 2.45) is 11.7 Å². The Bertz CT molecular complexity index is 1120. The van der Waals surface area contributed by atoms with Crippen LogP contribution in [0, 0.1) is 11.7 Å². The van der Waals surface area contributed by atoms with Crippen LogP contribution in [0.2, 0.25) is 0 Å². The van der Waals surface area contributed by atoms with Crippen molar-refractivity contribution in [3.05, 3.63) is 47.9 Å². The summed E-state index contributed by atoms with van der Waals surface area (Å²) in [5.41, 5.74) is 5.91. The number of carbonyl (C=O) groups excluding carboxylic acids is 2. The number of nitrogens with zero attached hydrogens (tertiary/aromatic N) is 3. The number of amides is 2. The summed E-state index contributed by atoms with van der Waals surface area (Å²) in [5, 5.41) is 9.82. The number of aliphatic hydroxyl groups is 1. The molecule has 0 radical (unpaired) electrons. The van der Waals surface area contributed by atoms with E-state index < -0.39 is 35.7 Å². The SMILES string of the molecule is CC(F)(F)CN1CCC(COc2ccc(-c3ccc(C(=O)N4C[C@H](O)C[C@H]4C(N)=O)cc3F)nc2)CC1. The fourth-order valence-electron chi connectivity index (χ4n) is 4.87. The summed E-state index contributed by atoms with van der Waals surface area (Å²) in [4.78, 5) is 31.6. The number of alkyl halides is 2. The van der Waals surface area contributed by atoms with E-state index in [4.69, 9.17) is 10.5 Å². The van der Waals surface area contributed by atoms with E-state index in [9.17, 15) is 27.9 Å². The highest BCUT2D eigenvalue weighted by Crippen LogP contribution is 2.27. The number of likely N-dealkylation sites (tertiary alicyclic amines) is 2. The molecule has 0 saturated carbocycles. The molecule has 0 aliphatic carbocycles. The summed E-state index contributed by atoms with van der Waals surface area (Å²) in [6.45, 7) is 2.31. The van der Waals surface area contributed by atoms with E-state index in [1.807, 2.05) is 0 Å². The lowest BCUT2D eigenvalue weighted by molar-refractivity contribution is -0.121. The van der Waals surface area contributed by atoms with Crippen molar-refractivity contribution in [2.45, 2.75) is 44.3 Å². The largest absolute Gasteiger partial charge is 0.492 e. The van der Waals surface area contributed by atoms with Crippen molar-refractivity contribution < 1.29 is 32.6 Å². The number of piperidine rings is 1. The van der Waals surface area contributed by atoms with E-state index in [1.54, 1.807) is 17.0 Å². The Labute approximate surface area is 213 Å². The predicted molar refractivity (Wildman–Crippen MR) is 130 cm³/mol. The number of rotatable bonds is 8. The zero-order valence-corrected chi connectivity index (χ0v) is 20.6. The van der Waals surface area contributed by atoms with Crippen LogP contribution >= 0.6 is 0 Å². The maximum absolute atomic E-state index is 14.9. The standard InChI is InChI=1S/C26H31F3N4O4/c1-26(28,29)15-32-8-6-16(7-9-32)14-37-19-3-5-22(31-12-19)20-4-2-17(10-21(20)27)25(36)33-13-18(34)11-23(33)24(30)35/h2-5,10,12,16,18,23,34H,6-9,11,13-15H2,1H3,(H2,30,35)/t18-,23+/m1/s1. The Balaban J connectivity index is 1.33. The number of halogens is 3. The summed E-state index contributed by atoms with van der Waals surface area (Å²) in [5.74, 6) is -3.89. The van der Waals surface area contributed by atoms with Gasteiger partial charge in [-0.3, -0.25) is 19.5 Å². The van der Waals surface area contributed by atoms with Gasteiger partial charge in [-0.1, -0.05) is 0 Å². The van der Waals surface area contributed by atoms with Crippen molar-refractivity contribution in [1.82, 2.24) is 14.8 Å². The van der Waals surface area contributed by atoms with E-state index >= 15 is 0 Å². The van der Waals surface area contributed by atoms with E-state index in [0.29, 0.717) is 31.1 Å². The number of aliphatic hydroxyl groups excluding tert-OH is 1. The molecule has 2 aliphatic rings. The number of benzene rings is 1. The zero-order valence-electron chi connectivity index (χ0n) is 20.6. The zero-order chi connectivity index (χ0) is 26.7. The van der Waals surface area contributed by atoms with Crippen LogP contribution in [0.1, 0.15) is 36.5 Å². The highest BCUT2D eigenvalue weighted by atomic mass is 19.3. The monoisotopic (exact) mass is 520 g/mol. The molecule has 2 aliphatic heterocycles. The molecule has 37 heavy (non-hydrogen) atoms. The first-order valence-electron chi connectivity index (χ1n) is 12.3. The molecule has 11 heteroatoms. The summed E-state index contributed by atoms with van der Waals surface area (Å²) in [6, 6.07) is 6.31. The van der Waals surface area contributed by atoms with Gasteiger partial charge in [0.25, 0.3) is 11.8 Å². The third-order valence-corrected chi connectivity index (χ3v) is 6.79. The van der Waals surface area contributed by atoms with Gasteiger partial charge in [0, 0.05) is 31.0 Å². The number of hydrogen-bond donors (Lipinski definition) is 2. The predicted octanol–water partition coefficient (Wildman–Crippen LogP) is 2.69. The Kier molecular flexibility index (Phi) is 8.03. The number of pyridine rings is 1. The van der Waals surface area contributed by atoms with Crippen molar-refractivity contribution >= 4 is 11.8 Å². The van der Waals surface area contributed by atoms with Crippen LogP contribution in [0.25, 0.3) is 11.3 Å². The molecule has 2 fully saturated rings. The van der Waals surface area contributed by atoms with Gasteiger partial charge in [0.05, 0.1) is 31.1 Å². The third-order valence-electron chi connectivity index (χ3n) is 6.79. The Morgan fingerprint density at radius 1 is 1.22 bits per heavy atom. The molecular formula is C26H31F3N4O4. The molecule has 3 N–H and O–H groups in total. The van der Waals surface area contributed by atoms with E-state index in [2.05, 4.69) is 4.98 Å². The fourth-order valence-corrected chi connectivity index (χ4v) is 4.87. The Morgan fingerprint density at radius 2 is 1.95 bits per heavy atom. The van der Waals surface area contributed by atoms with Crippen molar-refractivity contribution in [3.63, 3.8) is 0 Å². The minimum Gasteiger partial charge on any atom is -0.492 e. The second kappa shape index (κ2) is 11.1. The molecule has 4 rings (SSSR count). The molecule has 1 aromatic carbocycles. The van der Waals surface area contributed by atoms with Crippen LogP contribution in [-0.4, -0.2) is 82.6 Å². The quantitative estimate of drug-likeness (QED) is 0.554. The molecule has 3 heterocycles. The Morgan fingerprint density at radius 3 is 2.54 bits per heavy atom. The molecule has 2 amide bonds. The number of hydrogen-bond acceptors (Lipinski definition) is 6. The lowest BCUT2D eigenvalue weighted by Crippen LogP contribution is -2.43. The molecule has 0 spiro atoms. The van der Waals surface area contributed by atoms with Crippen molar-refractivity contribution in [1.29, 1.82) is 0 Å². The molecule has 2 atom stereocenters. The van der Waals surface area contributed by atoms with Crippen molar-refractivity contribution in [2.75, 3.05) is 32.8 Å². The first kappa shape index (κ1) is 26.9. The first-order valence-corrected chi connectivity index (χ1v) is 12.3. The van der Waals surface area contributed by atoms with Crippen LogP contribution in [-0.2, 0) is 4.79 Å². The number of β-amino-alcohol motifs (C(OH)–C–C–N with tert-alkyl or cyclic N) is 1. The van der Waals surface area contributed by atoms with Crippen molar-refractivity contribution in [3.8, 4) is 17.0 Å². The number of aromatic nitrogens is 1. The third kappa shape index (κ3) is 6.78. The van der Waals surface area contributed by atoms with E-state index in [0.717, 1.165) is 30.7 Å². The fraction of sp³-hybridized carbons (Fsp3) is 0.500. The minimum atomic E-state index is -2.70. The highest BCUT2D eigenvalue weighted by molar-refractivity contribution is 5.98. The number of carbonyl (C=O) groups is 2. The molecule has 0 unspecified atom stereocenters. The summed E-state index contributed by atoms with van der Waals surface area (Å²) >= 11 is 0. The van der Waals surface area contributed by atoms with Crippen LogP contribution in [0.5, 0.6) is 5.75 Å². The van der Waals surface area contributed by atoms with Crippen LogP contribution < -0.4 is 10.5 Å². The summed E-state index contributed by atoms with van der Waals surface area (Å²) < 4.78 is 47.1. The second-order valence-electron chi connectivity index (χ2n) is 9.94. The number of nitrogens with two attached hydrogens (primary N) is 1. The first-order chi connectivity index (χ1) is 17.5. The van der Waals surface area contributed by atoms with Gasteiger partial charge in [0.1, 0.15) is 17.6 Å².